The highest BCUT2D eigenvalue weighted by atomic mass is 16.5. The molecule has 2 N–H and O–H groups in total. The number of likely N-dealkylation sites (N-methyl/N-ethyl adjacent to an activating group) is 1. The minimum absolute atomic E-state index is 0.0707. The second-order valence-electron chi connectivity index (χ2n) is 11.4. The van der Waals surface area contributed by atoms with Gasteiger partial charge in [-0.3, -0.25) is 4.79 Å². The summed E-state index contributed by atoms with van der Waals surface area (Å²) >= 11 is 0. The minimum Gasteiger partial charge on any atom is -0.545 e. The number of carboxylic acids is 2. The summed E-state index contributed by atoms with van der Waals surface area (Å²) in [6.07, 6.45) is 4.18. The van der Waals surface area contributed by atoms with Crippen molar-refractivity contribution in [2.75, 3.05) is 33.2 Å². The Hall–Kier alpha value is -4.27. The summed E-state index contributed by atoms with van der Waals surface area (Å²) in [6.45, 7) is 6.99. The molecule has 1 amide bonds. The maximum atomic E-state index is 13.0. The highest BCUT2D eigenvalue weighted by Gasteiger charge is 2.44. The average Bonchev–Trinajstić information content (AvgIpc) is 3.37. The van der Waals surface area contributed by atoms with Crippen LogP contribution < -0.4 is 10.0 Å². The molecule has 5 rings (SSSR count). The number of aliphatic carboxylic acids is 2. The number of fused-ring (bicyclic) bond motifs is 2. The van der Waals surface area contributed by atoms with Crippen molar-refractivity contribution in [1.29, 1.82) is 0 Å². The summed E-state index contributed by atoms with van der Waals surface area (Å²) in [4.78, 5) is 35.5. The summed E-state index contributed by atoms with van der Waals surface area (Å²) in [5, 5.41) is 17.2. The Morgan fingerprint density at radius 3 is 2.26 bits per heavy atom. The molecule has 2 aliphatic heterocycles. The Bertz CT molecular complexity index is 1400. The molecule has 226 valence electrons. The molecular weight excluding hydrogens is 544 g/mol. The van der Waals surface area contributed by atoms with Crippen LogP contribution in [0.4, 0.5) is 0 Å². The Kier molecular flexibility index (Phi) is 10.9. The highest BCUT2D eigenvalue weighted by molar-refractivity contribution is 5.94. The number of carboxylic acid groups (broad SMARTS) is 2. The van der Waals surface area contributed by atoms with Gasteiger partial charge in [0.15, 0.2) is 0 Å². The van der Waals surface area contributed by atoms with Crippen molar-refractivity contribution >= 4 is 17.8 Å². The molecular formula is C35H40N2O6. The number of aryl methyl sites for hydroxylation is 1. The van der Waals surface area contributed by atoms with Crippen molar-refractivity contribution in [2.45, 2.75) is 44.3 Å². The molecule has 0 saturated carbocycles. The van der Waals surface area contributed by atoms with Crippen LogP contribution in [0.15, 0.2) is 91.0 Å². The molecule has 0 aliphatic carbocycles. The van der Waals surface area contributed by atoms with Gasteiger partial charge < -0.3 is 29.5 Å². The van der Waals surface area contributed by atoms with Gasteiger partial charge in [-0.15, -0.1) is 0 Å². The molecule has 1 saturated heterocycles. The molecule has 1 atom stereocenters. The zero-order valence-electron chi connectivity index (χ0n) is 24.8. The molecule has 0 bridgehead atoms. The maximum Gasteiger partial charge on any atom is 0.328 e. The fourth-order valence-corrected chi connectivity index (χ4v) is 5.99. The maximum absolute atomic E-state index is 13.0. The fraction of sp³-hybridized carbons (Fsp3) is 0.343. The van der Waals surface area contributed by atoms with Gasteiger partial charge in [-0.25, -0.2) is 4.79 Å². The van der Waals surface area contributed by atoms with Gasteiger partial charge in [-0.1, -0.05) is 72.3 Å². The molecule has 1 unspecified atom stereocenters. The Morgan fingerprint density at radius 1 is 0.977 bits per heavy atom. The van der Waals surface area contributed by atoms with Crippen LogP contribution in [0.5, 0.6) is 0 Å². The third-order valence-corrected chi connectivity index (χ3v) is 8.40. The van der Waals surface area contributed by atoms with Gasteiger partial charge in [0.25, 0.3) is 5.91 Å². The number of ether oxygens (including phenoxy) is 1. The lowest BCUT2D eigenvalue weighted by Gasteiger charge is -2.37. The number of piperidine rings is 1. The van der Waals surface area contributed by atoms with Crippen molar-refractivity contribution in [3.63, 3.8) is 0 Å². The largest absolute Gasteiger partial charge is 0.545 e. The van der Waals surface area contributed by atoms with Crippen LogP contribution in [-0.2, 0) is 26.5 Å². The van der Waals surface area contributed by atoms with E-state index in [-0.39, 0.29) is 11.5 Å². The van der Waals surface area contributed by atoms with Gasteiger partial charge in [0, 0.05) is 50.4 Å². The number of amides is 1. The molecule has 0 radical (unpaired) electrons. The number of hydrogen-bond acceptors (Lipinski definition) is 5. The number of likely N-dealkylation sites (tertiary alicyclic amines) is 1. The molecule has 3 aromatic rings. The number of nitrogens with zero attached hydrogens (tertiary/aromatic N) is 1. The lowest BCUT2D eigenvalue weighted by Crippen LogP contribution is -3.13. The molecule has 8 nitrogen and oxygen atoms in total. The number of benzene rings is 3. The fourth-order valence-electron chi connectivity index (χ4n) is 5.99. The van der Waals surface area contributed by atoms with Gasteiger partial charge in [0.05, 0.1) is 32.2 Å². The van der Waals surface area contributed by atoms with Crippen LogP contribution in [0.3, 0.4) is 0 Å². The third-order valence-electron chi connectivity index (χ3n) is 8.40. The topological polar surface area (TPSA) is 111 Å². The quantitative estimate of drug-likeness (QED) is 0.374. The molecule has 1 fully saturated rings. The molecule has 1 spiro atoms. The zero-order chi connectivity index (χ0) is 30.8. The monoisotopic (exact) mass is 584 g/mol. The normalized spacial score (nSPS) is 19.7. The molecule has 3 aromatic carbocycles. The van der Waals surface area contributed by atoms with Crippen molar-refractivity contribution in [1.82, 2.24) is 4.90 Å². The SMILES string of the molecule is Cc1ccc(C(CC[NH+]2CCC3(CC2)OCc2ccccc23)CN(C)C(=O)c2ccccc2)cc1.O=C([O-])/C=C/C(=O)O. The summed E-state index contributed by atoms with van der Waals surface area (Å²) < 4.78 is 6.37. The number of carbonyl (C=O) groups excluding carboxylic acids is 2. The summed E-state index contributed by atoms with van der Waals surface area (Å²) in [5.41, 5.74) is 6.05. The van der Waals surface area contributed by atoms with Crippen molar-refractivity contribution in [3.8, 4) is 0 Å². The number of quaternary nitrogens is 1. The number of nitrogens with one attached hydrogen (secondary N) is 1. The van der Waals surface area contributed by atoms with E-state index in [1.807, 2.05) is 42.3 Å². The lowest BCUT2D eigenvalue weighted by atomic mass is 9.83. The molecule has 2 heterocycles. The standard InChI is InChI=1S/C31H36N2O2.C4H4O4/c1-24-12-14-25(15-13-24)27(22-32(2)30(34)26-8-4-3-5-9-26)16-19-33-20-17-31(18-21-33)29-11-7-6-10-28(29)23-35-31;5-3(6)1-2-4(7)8/h3-15,27H,16-23H2,1-2H3;1-2H,(H,5,6)(H,7,8)/b;2-1+. The van der Waals surface area contributed by atoms with E-state index >= 15 is 0 Å². The smallest absolute Gasteiger partial charge is 0.328 e. The second-order valence-corrected chi connectivity index (χ2v) is 11.4. The van der Waals surface area contributed by atoms with E-state index in [0.717, 1.165) is 57.6 Å². The minimum atomic E-state index is -1.51. The van der Waals surface area contributed by atoms with Crippen LogP contribution >= 0.6 is 0 Å². The predicted molar refractivity (Wildman–Crippen MR) is 161 cm³/mol. The summed E-state index contributed by atoms with van der Waals surface area (Å²) in [6, 6.07) is 27.2. The Labute approximate surface area is 253 Å². The third kappa shape index (κ3) is 8.63. The zero-order valence-corrected chi connectivity index (χ0v) is 24.8. The average molecular weight is 585 g/mol. The van der Waals surface area contributed by atoms with E-state index < -0.39 is 11.9 Å². The molecule has 2 aliphatic rings. The van der Waals surface area contributed by atoms with Crippen molar-refractivity contribution in [2.24, 2.45) is 0 Å². The highest BCUT2D eigenvalue weighted by Crippen LogP contribution is 2.42. The van der Waals surface area contributed by atoms with E-state index in [1.165, 1.54) is 22.3 Å². The number of rotatable bonds is 9. The predicted octanol–water partition coefficient (Wildman–Crippen LogP) is 2.72. The first-order chi connectivity index (χ1) is 20.7. The van der Waals surface area contributed by atoms with E-state index in [9.17, 15) is 19.5 Å². The first kappa shape index (κ1) is 31.7. The van der Waals surface area contributed by atoms with E-state index in [0.29, 0.717) is 18.1 Å². The van der Waals surface area contributed by atoms with Crippen LogP contribution in [0.2, 0.25) is 0 Å². The molecule has 0 aromatic heterocycles. The van der Waals surface area contributed by atoms with Crippen LogP contribution in [-0.4, -0.2) is 61.1 Å². The summed E-state index contributed by atoms with van der Waals surface area (Å²) in [5.74, 6) is -2.39. The van der Waals surface area contributed by atoms with E-state index in [2.05, 4.69) is 55.5 Å². The van der Waals surface area contributed by atoms with Crippen LogP contribution in [0.25, 0.3) is 0 Å². The lowest BCUT2D eigenvalue weighted by molar-refractivity contribution is -0.908. The van der Waals surface area contributed by atoms with Crippen LogP contribution in [0, 0.1) is 6.92 Å². The van der Waals surface area contributed by atoms with Crippen LogP contribution in [0.1, 0.15) is 57.8 Å². The van der Waals surface area contributed by atoms with Gasteiger partial charge in [0.2, 0.25) is 0 Å². The number of carbonyl (C=O) groups is 3. The van der Waals surface area contributed by atoms with Gasteiger partial charge in [-0.2, -0.15) is 0 Å². The first-order valence-corrected chi connectivity index (χ1v) is 14.7. The first-order valence-electron chi connectivity index (χ1n) is 14.7. The second kappa shape index (κ2) is 14.8. The van der Waals surface area contributed by atoms with Crippen molar-refractivity contribution < 1.29 is 34.2 Å². The molecule has 43 heavy (non-hydrogen) atoms. The molecule has 8 heteroatoms. The van der Waals surface area contributed by atoms with Crippen molar-refractivity contribution in [3.05, 3.63) is 119 Å². The van der Waals surface area contributed by atoms with E-state index in [4.69, 9.17) is 9.84 Å². The Morgan fingerprint density at radius 2 is 1.63 bits per heavy atom. The summed E-state index contributed by atoms with van der Waals surface area (Å²) in [7, 11) is 1.93. The Balaban J connectivity index is 0.000000467. The van der Waals surface area contributed by atoms with Gasteiger partial charge in [-0.05, 0) is 41.8 Å². The van der Waals surface area contributed by atoms with Gasteiger partial charge >= 0.3 is 5.97 Å². The number of hydrogen-bond donors (Lipinski definition) is 2. The van der Waals surface area contributed by atoms with Gasteiger partial charge in [0.1, 0.15) is 5.60 Å². The van der Waals surface area contributed by atoms with E-state index in [1.54, 1.807) is 4.90 Å².